The van der Waals surface area contributed by atoms with Gasteiger partial charge in [-0.05, 0) is 12.1 Å². The van der Waals surface area contributed by atoms with Crippen molar-refractivity contribution >= 4 is 11.6 Å². The number of nitriles is 1. The predicted molar refractivity (Wildman–Crippen MR) is 61.2 cm³/mol. The van der Waals surface area contributed by atoms with Gasteiger partial charge in [0, 0.05) is 12.4 Å². The lowest BCUT2D eigenvalue weighted by Gasteiger charge is -2.11. The summed E-state index contributed by atoms with van der Waals surface area (Å²) in [7, 11) is 0. The molecule has 1 amide bonds. The van der Waals surface area contributed by atoms with Gasteiger partial charge in [0.1, 0.15) is 6.07 Å². The Morgan fingerprint density at radius 1 is 1.47 bits per heavy atom. The van der Waals surface area contributed by atoms with E-state index >= 15 is 0 Å². The van der Waals surface area contributed by atoms with E-state index in [1.807, 2.05) is 6.07 Å². The third kappa shape index (κ3) is 1.70. The van der Waals surface area contributed by atoms with Gasteiger partial charge in [0.15, 0.2) is 0 Å². The van der Waals surface area contributed by atoms with Crippen LogP contribution in [0.25, 0.3) is 5.69 Å². The minimum atomic E-state index is -0.607. The fourth-order valence-corrected chi connectivity index (χ4v) is 1.60. The van der Waals surface area contributed by atoms with Crippen LogP contribution < -0.4 is 11.5 Å². The molecule has 84 valence electrons. The van der Waals surface area contributed by atoms with E-state index in [0.717, 1.165) is 0 Å². The highest BCUT2D eigenvalue weighted by atomic mass is 16.1. The van der Waals surface area contributed by atoms with Crippen LogP contribution in [0, 0.1) is 11.3 Å². The van der Waals surface area contributed by atoms with Gasteiger partial charge in [0.25, 0.3) is 5.91 Å². The van der Waals surface area contributed by atoms with Gasteiger partial charge in [0.2, 0.25) is 5.82 Å². The fraction of sp³-hybridized carbons (Fsp3) is 0. The van der Waals surface area contributed by atoms with E-state index in [0.29, 0.717) is 11.4 Å². The molecule has 2 aromatic rings. The number of rotatable bonds is 2. The SMILES string of the molecule is N#Cc1nccn1-c1c(N)cccc1C(N)=O. The summed E-state index contributed by atoms with van der Waals surface area (Å²) in [4.78, 5) is 15.2. The lowest BCUT2D eigenvalue weighted by atomic mass is 10.1. The van der Waals surface area contributed by atoms with Crippen LogP contribution in [0.1, 0.15) is 16.2 Å². The van der Waals surface area contributed by atoms with E-state index in [1.54, 1.807) is 24.4 Å². The topological polar surface area (TPSA) is 111 Å². The highest BCUT2D eigenvalue weighted by molar-refractivity contribution is 5.98. The first-order valence-electron chi connectivity index (χ1n) is 4.77. The van der Waals surface area contributed by atoms with Crippen molar-refractivity contribution in [2.24, 2.45) is 5.73 Å². The summed E-state index contributed by atoms with van der Waals surface area (Å²) in [5.74, 6) is -0.463. The normalized spacial score (nSPS) is 9.82. The Balaban J connectivity index is 2.75. The van der Waals surface area contributed by atoms with E-state index in [9.17, 15) is 4.79 Å². The number of primary amides is 1. The van der Waals surface area contributed by atoms with E-state index in [-0.39, 0.29) is 11.4 Å². The second-order valence-electron chi connectivity index (χ2n) is 3.34. The Morgan fingerprint density at radius 2 is 2.24 bits per heavy atom. The number of para-hydroxylation sites is 1. The molecule has 0 unspecified atom stereocenters. The quantitative estimate of drug-likeness (QED) is 0.724. The first-order chi connectivity index (χ1) is 8.15. The molecule has 0 bridgehead atoms. The summed E-state index contributed by atoms with van der Waals surface area (Å²) in [6.45, 7) is 0. The molecule has 4 N–H and O–H groups in total. The van der Waals surface area contributed by atoms with Crippen molar-refractivity contribution in [2.75, 3.05) is 5.73 Å². The highest BCUT2D eigenvalue weighted by Gasteiger charge is 2.15. The third-order valence-electron chi connectivity index (χ3n) is 2.31. The second kappa shape index (κ2) is 3.98. The molecule has 0 spiro atoms. The molecule has 2 rings (SSSR count). The Morgan fingerprint density at radius 3 is 2.88 bits per heavy atom. The van der Waals surface area contributed by atoms with Crippen LogP contribution in [-0.4, -0.2) is 15.5 Å². The minimum Gasteiger partial charge on any atom is -0.397 e. The molecule has 0 aliphatic heterocycles. The van der Waals surface area contributed by atoms with Crippen LogP contribution in [0.2, 0.25) is 0 Å². The average Bonchev–Trinajstić information content (AvgIpc) is 2.76. The van der Waals surface area contributed by atoms with Gasteiger partial charge in [0.05, 0.1) is 16.9 Å². The fourth-order valence-electron chi connectivity index (χ4n) is 1.60. The van der Waals surface area contributed by atoms with E-state index in [2.05, 4.69) is 4.98 Å². The summed E-state index contributed by atoms with van der Waals surface area (Å²) < 4.78 is 1.44. The van der Waals surface area contributed by atoms with Crippen LogP contribution in [0.15, 0.2) is 30.6 Å². The number of nitrogens with zero attached hydrogens (tertiary/aromatic N) is 3. The number of anilines is 1. The number of amides is 1. The molecule has 0 aliphatic rings. The Labute approximate surface area is 97.1 Å². The predicted octanol–water partition coefficient (Wildman–Crippen LogP) is 0.425. The number of nitrogen functional groups attached to an aromatic ring is 1. The van der Waals surface area contributed by atoms with Gasteiger partial charge in [-0.1, -0.05) is 6.07 Å². The Kier molecular flexibility index (Phi) is 2.51. The molecule has 1 aromatic heterocycles. The molecule has 1 heterocycles. The van der Waals surface area contributed by atoms with E-state index in [4.69, 9.17) is 16.7 Å². The van der Waals surface area contributed by atoms with E-state index < -0.39 is 5.91 Å². The molecule has 0 aliphatic carbocycles. The van der Waals surface area contributed by atoms with Gasteiger partial charge in [-0.25, -0.2) is 4.98 Å². The van der Waals surface area contributed by atoms with Crippen molar-refractivity contribution in [3.8, 4) is 11.8 Å². The summed E-state index contributed by atoms with van der Waals surface area (Å²) in [5.41, 5.74) is 12.1. The number of hydrogen-bond donors (Lipinski definition) is 2. The maximum absolute atomic E-state index is 11.3. The summed E-state index contributed by atoms with van der Waals surface area (Å²) in [6, 6.07) is 6.72. The number of benzene rings is 1. The number of carbonyl (C=O) groups excluding carboxylic acids is 1. The summed E-state index contributed by atoms with van der Waals surface area (Å²) in [6.07, 6.45) is 3.01. The van der Waals surface area contributed by atoms with Crippen molar-refractivity contribution in [1.82, 2.24) is 9.55 Å². The number of carbonyl (C=O) groups is 1. The van der Waals surface area contributed by atoms with Gasteiger partial charge >= 0.3 is 0 Å². The zero-order chi connectivity index (χ0) is 12.4. The number of aromatic nitrogens is 2. The number of hydrogen-bond acceptors (Lipinski definition) is 4. The van der Waals surface area contributed by atoms with Crippen LogP contribution in [-0.2, 0) is 0 Å². The molecule has 0 fully saturated rings. The molecule has 0 radical (unpaired) electrons. The van der Waals surface area contributed by atoms with Crippen LogP contribution >= 0.6 is 0 Å². The molecule has 17 heavy (non-hydrogen) atoms. The van der Waals surface area contributed by atoms with Gasteiger partial charge in [-0.3, -0.25) is 9.36 Å². The first kappa shape index (κ1) is 10.7. The molecule has 6 heteroatoms. The first-order valence-corrected chi connectivity index (χ1v) is 4.77. The monoisotopic (exact) mass is 227 g/mol. The zero-order valence-corrected chi connectivity index (χ0v) is 8.79. The second-order valence-corrected chi connectivity index (χ2v) is 3.34. The van der Waals surface area contributed by atoms with Crippen molar-refractivity contribution in [1.29, 1.82) is 5.26 Å². The number of imidazole rings is 1. The average molecular weight is 227 g/mol. The van der Waals surface area contributed by atoms with Crippen LogP contribution in [0.5, 0.6) is 0 Å². The number of nitrogens with two attached hydrogens (primary N) is 2. The Hall–Kier alpha value is -2.81. The summed E-state index contributed by atoms with van der Waals surface area (Å²) >= 11 is 0. The zero-order valence-electron chi connectivity index (χ0n) is 8.79. The van der Waals surface area contributed by atoms with Gasteiger partial charge in [-0.2, -0.15) is 5.26 Å². The largest absolute Gasteiger partial charge is 0.397 e. The lowest BCUT2D eigenvalue weighted by molar-refractivity contribution is 0.100. The van der Waals surface area contributed by atoms with Gasteiger partial charge < -0.3 is 11.5 Å². The summed E-state index contributed by atoms with van der Waals surface area (Å²) in [5, 5.41) is 8.90. The molecule has 0 saturated heterocycles. The minimum absolute atomic E-state index is 0.144. The van der Waals surface area contributed by atoms with Crippen molar-refractivity contribution in [3.05, 3.63) is 42.0 Å². The third-order valence-corrected chi connectivity index (χ3v) is 2.31. The molecular formula is C11H9N5O. The van der Waals surface area contributed by atoms with Crippen molar-refractivity contribution in [3.63, 3.8) is 0 Å². The molecule has 1 aromatic carbocycles. The van der Waals surface area contributed by atoms with Crippen LogP contribution in [0.4, 0.5) is 5.69 Å². The van der Waals surface area contributed by atoms with Gasteiger partial charge in [-0.15, -0.1) is 0 Å². The molecule has 0 saturated carbocycles. The maximum Gasteiger partial charge on any atom is 0.250 e. The molecular weight excluding hydrogens is 218 g/mol. The molecule has 6 nitrogen and oxygen atoms in total. The van der Waals surface area contributed by atoms with Crippen molar-refractivity contribution < 1.29 is 4.79 Å². The molecule has 0 atom stereocenters. The van der Waals surface area contributed by atoms with Crippen LogP contribution in [0.3, 0.4) is 0 Å². The lowest BCUT2D eigenvalue weighted by Crippen LogP contribution is -2.16. The standard InChI is InChI=1S/C11H9N5O/c12-6-9-15-4-5-16(9)10-7(11(14)17)2-1-3-8(10)13/h1-5H,13H2,(H2,14,17). The van der Waals surface area contributed by atoms with Crippen molar-refractivity contribution in [2.45, 2.75) is 0 Å². The maximum atomic E-state index is 11.3. The smallest absolute Gasteiger partial charge is 0.250 e. The highest BCUT2D eigenvalue weighted by Crippen LogP contribution is 2.22. The Bertz CT molecular complexity index is 623. The van der Waals surface area contributed by atoms with E-state index in [1.165, 1.54) is 10.8 Å².